The highest BCUT2D eigenvalue weighted by Crippen LogP contribution is 2.51. The maximum atomic E-state index is 3.72. The third-order valence-corrected chi connectivity index (χ3v) is 5.71. The van der Waals surface area contributed by atoms with Gasteiger partial charge < -0.3 is 5.32 Å². The Labute approximate surface area is 124 Å². The van der Waals surface area contributed by atoms with Crippen LogP contribution < -0.4 is 5.32 Å². The van der Waals surface area contributed by atoms with E-state index >= 15 is 0 Å². The molecule has 0 heterocycles. The number of benzene rings is 1. The molecule has 1 N–H and O–H groups in total. The molecule has 2 fully saturated rings. The lowest BCUT2D eigenvalue weighted by molar-refractivity contribution is 0.243. The fraction of sp³-hybridized carbons (Fsp3) is 0.684. The van der Waals surface area contributed by atoms with E-state index in [2.05, 4.69) is 49.5 Å². The molecular formula is C19H29N. The first-order valence-corrected chi connectivity index (χ1v) is 8.56. The van der Waals surface area contributed by atoms with Crippen LogP contribution in [0.5, 0.6) is 0 Å². The Morgan fingerprint density at radius 2 is 1.95 bits per heavy atom. The summed E-state index contributed by atoms with van der Waals surface area (Å²) >= 11 is 0. The van der Waals surface area contributed by atoms with E-state index in [-0.39, 0.29) is 0 Å². The number of nitrogens with one attached hydrogen (secondary N) is 1. The Morgan fingerprint density at radius 1 is 1.15 bits per heavy atom. The van der Waals surface area contributed by atoms with Gasteiger partial charge in [0.1, 0.15) is 0 Å². The maximum absolute atomic E-state index is 3.72. The van der Waals surface area contributed by atoms with Gasteiger partial charge in [-0.1, -0.05) is 50.6 Å². The van der Waals surface area contributed by atoms with E-state index in [4.69, 9.17) is 0 Å². The molecule has 5 unspecified atom stereocenters. The van der Waals surface area contributed by atoms with Crippen molar-refractivity contribution in [2.45, 2.75) is 52.0 Å². The number of rotatable bonds is 6. The molecule has 20 heavy (non-hydrogen) atoms. The largest absolute Gasteiger partial charge is 0.310 e. The van der Waals surface area contributed by atoms with Gasteiger partial charge in [-0.15, -0.1) is 0 Å². The Bertz CT molecular complexity index is 413. The zero-order valence-corrected chi connectivity index (χ0v) is 13.0. The average Bonchev–Trinajstić information content (AvgIpc) is 3.08. The van der Waals surface area contributed by atoms with Crippen molar-refractivity contribution in [1.82, 2.24) is 5.32 Å². The van der Waals surface area contributed by atoms with E-state index in [1.807, 2.05) is 0 Å². The SMILES string of the molecule is CCNC(c1ccccc1)C(C)CC1CC2CCC1C2. The Balaban J connectivity index is 1.65. The predicted octanol–water partition coefficient (Wildman–Crippen LogP) is 4.80. The summed E-state index contributed by atoms with van der Waals surface area (Å²) in [5.74, 6) is 3.88. The molecule has 0 aromatic heterocycles. The van der Waals surface area contributed by atoms with Crippen molar-refractivity contribution in [3.8, 4) is 0 Å². The molecule has 0 saturated heterocycles. The summed E-state index contributed by atoms with van der Waals surface area (Å²) < 4.78 is 0. The molecule has 3 rings (SSSR count). The summed E-state index contributed by atoms with van der Waals surface area (Å²) in [4.78, 5) is 0. The van der Waals surface area contributed by atoms with Crippen LogP contribution >= 0.6 is 0 Å². The van der Waals surface area contributed by atoms with Crippen LogP contribution in [0.1, 0.15) is 57.6 Å². The highest BCUT2D eigenvalue weighted by Gasteiger charge is 2.40. The van der Waals surface area contributed by atoms with Crippen LogP contribution in [0.25, 0.3) is 0 Å². The zero-order valence-electron chi connectivity index (χ0n) is 13.0. The van der Waals surface area contributed by atoms with Gasteiger partial charge in [0.15, 0.2) is 0 Å². The first-order valence-electron chi connectivity index (χ1n) is 8.56. The van der Waals surface area contributed by atoms with Crippen molar-refractivity contribution in [1.29, 1.82) is 0 Å². The van der Waals surface area contributed by atoms with Gasteiger partial charge in [0, 0.05) is 6.04 Å². The van der Waals surface area contributed by atoms with Crippen LogP contribution in [0.3, 0.4) is 0 Å². The van der Waals surface area contributed by atoms with Crippen molar-refractivity contribution < 1.29 is 0 Å². The van der Waals surface area contributed by atoms with Gasteiger partial charge in [0.05, 0.1) is 0 Å². The molecule has 0 amide bonds. The van der Waals surface area contributed by atoms with Gasteiger partial charge >= 0.3 is 0 Å². The van der Waals surface area contributed by atoms with Crippen molar-refractivity contribution >= 4 is 0 Å². The van der Waals surface area contributed by atoms with Crippen molar-refractivity contribution in [3.63, 3.8) is 0 Å². The lowest BCUT2D eigenvalue weighted by atomic mass is 9.79. The highest BCUT2D eigenvalue weighted by molar-refractivity contribution is 5.19. The monoisotopic (exact) mass is 271 g/mol. The minimum absolute atomic E-state index is 0.528. The summed E-state index contributed by atoms with van der Waals surface area (Å²) in [5.41, 5.74) is 1.46. The lowest BCUT2D eigenvalue weighted by Gasteiger charge is -2.30. The topological polar surface area (TPSA) is 12.0 Å². The molecular weight excluding hydrogens is 242 g/mol. The third kappa shape index (κ3) is 2.93. The Kier molecular flexibility index (Phi) is 4.45. The molecule has 2 aliphatic rings. The van der Waals surface area contributed by atoms with E-state index in [1.54, 1.807) is 0 Å². The molecule has 1 aromatic carbocycles. The molecule has 110 valence electrons. The number of hydrogen-bond acceptors (Lipinski definition) is 1. The molecule has 2 bridgehead atoms. The van der Waals surface area contributed by atoms with E-state index < -0.39 is 0 Å². The van der Waals surface area contributed by atoms with Gasteiger partial charge in [-0.2, -0.15) is 0 Å². The standard InChI is InChI=1S/C19H29N/c1-3-20-19(16-7-5-4-6-8-16)14(2)11-18-13-15-9-10-17(18)12-15/h4-8,14-15,17-20H,3,9-13H2,1-2H3. The van der Waals surface area contributed by atoms with Gasteiger partial charge in [-0.3, -0.25) is 0 Å². The highest BCUT2D eigenvalue weighted by atomic mass is 14.9. The minimum atomic E-state index is 0.528. The first-order chi connectivity index (χ1) is 9.78. The molecule has 1 heteroatoms. The van der Waals surface area contributed by atoms with E-state index in [1.165, 1.54) is 37.7 Å². The average molecular weight is 271 g/mol. The second kappa shape index (κ2) is 6.30. The van der Waals surface area contributed by atoms with Crippen LogP contribution in [0.4, 0.5) is 0 Å². The van der Waals surface area contributed by atoms with Gasteiger partial charge in [-0.05, 0) is 61.5 Å². The van der Waals surface area contributed by atoms with Crippen LogP contribution in [-0.4, -0.2) is 6.54 Å². The second-order valence-electron chi connectivity index (χ2n) is 7.09. The van der Waals surface area contributed by atoms with E-state index in [0.717, 1.165) is 30.2 Å². The van der Waals surface area contributed by atoms with Crippen LogP contribution in [0.2, 0.25) is 0 Å². The van der Waals surface area contributed by atoms with Crippen molar-refractivity contribution in [3.05, 3.63) is 35.9 Å². The number of fused-ring (bicyclic) bond motifs is 2. The minimum Gasteiger partial charge on any atom is -0.310 e. The van der Waals surface area contributed by atoms with Crippen molar-refractivity contribution in [2.24, 2.45) is 23.7 Å². The van der Waals surface area contributed by atoms with Crippen molar-refractivity contribution in [2.75, 3.05) is 6.54 Å². The summed E-state index contributed by atoms with van der Waals surface area (Å²) in [7, 11) is 0. The van der Waals surface area contributed by atoms with Crippen LogP contribution in [0, 0.1) is 23.7 Å². The van der Waals surface area contributed by atoms with E-state index in [9.17, 15) is 0 Å². The smallest absolute Gasteiger partial charge is 0.0346 e. The van der Waals surface area contributed by atoms with Crippen LogP contribution in [-0.2, 0) is 0 Å². The molecule has 1 nitrogen and oxygen atoms in total. The summed E-state index contributed by atoms with van der Waals surface area (Å²) in [6.07, 6.45) is 7.50. The molecule has 0 radical (unpaired) electrons. The zero-order chi connectivity index (χ0) is 13.9. The predicted molar refractivity (Wildman–Crippen MR) is 85.6 cm³/mol. The van der Waals surface area contributed by atoms with E-state index in [0.29, 0.717) is 6.04 Å². The van der Waals surface area contributed by atoms with Gasteiger partial charge in [0.2, 0.25) is 0 Å². The fourth-order valence-corrected chi connectivity index (χ4v) is 4.81. The summed E-state index contributed by atoms with van der Waals surface area (Å²) in [6.45, 7) is 5.73. The molecule has 2 aliphatic carbocycles. The maximum Gasteiger partial charge on any atom is 0.0346 e. The molecule has 2 saturated carbocycles. The molecule has 5 atom stereocenters. The Hall–Kier alpha value is -0.820. The quantitative estimate of drug-likeness (QED) is 0.783. The van der Waals surface area contributed by atoms with Gasteiger partial charge in [0.25, 0.3) is 0 Å². The fourth-order valence-electron chi connectivity index (χ4n) is 4.81. The summed E-state index contributed by atoms with van der Waals surface area (Å²) in [6, 6.07) is 11.6. The normalized spacial score (nSPS) is 31.4. The molecule has 0 spiro atoms. The van der Waals surface area contributed by atoms with Crippen LogP contribution in [0.15, 0.2) is 30.3 Å². The first kappa shape index (κ1) is 14.1. The second-order valence-corrected chi connectivity index (χ2v) is 7.09. The lowest BCUT2D eigenvalue weighted by Crippen LogP contribution is -2.29. The Morgan fingerprint density at radius 3 is 2.55 bits per heavy atom. The molecule has 0 aliphatic heterocycles. The van der Waals surface area contributed by atoms with Gasteiger partial charge in [-0.25, -0.2) is 0 Å². The summed E-state index contributed by atoms with van der Waals surface area (Å²) in [5, 5.41) is 3.72. The third-order valence-electron chi connectivity index (χ3n) is 5.71. The number of hydrogen-bond donors (Lipinski definition) is 1. The molecule has 1 aromatic rings.